The first-order chi connectivity index (χ1) is 14.3. The normalized spacial score (nSPS) is 18.0. The van der Waals surface area contributed by atoms with Gasteiger partial charge < -0.3 is 13.9 Å². The van der Waals surface area contributed by atoms with Crippen LogP contribution in [-0.4, -0.2) is 35.6 Å². The van der Waals surface area contributed by atoms with E-state index in [1.165, 1.54) is 11.8 Å². The van der Waals surface area contributed by atoms with Gasteiger partial charge in [0.1, 0.15) is 25.0 Å². The summed E-state index contributed by atoms with van der Waals surface area (Å²) in [6.45, 7) is 1.10. The van der Waals surface area contributed by atoms with E-state index in [0.29, 0.717) is 19.6 Å². The lowest BCUT2D eigenvalue weighted by Crippen LogP contribution is -2.28. The molecule has 0 fully saturated rings. The Morgan fingerprint density at radius 3 is 2.86 bits per heavy atom. The third-order valence-electron chi connectivity index (χ3n) is 4.72. The Bertz CT molecular complexity index is 1030. The van der Waals surface area contributed by atoms with E-state index in [0.717, 1.165) is 32.7 Å². The SMILES string of the molecule is O=C(CSc1ccc2c(c1)OCCO2)N1N=C(c2cccs2)C[C@@H]1c1ccco1. The lowest BCUT2D eigenvalue weighted by molar-refractivity contribution is -0.130. The zero-order chi connectivity index (χ0) is 19.6. The minimum atomic E-state index is -0.213. The van der Waals surface area contributed by atoms with E-state index in [1.807, 2.05) is 47.8 Å². The molecule has 0 unspecified atom stereocenters. The van der Waals surface area contributed by atoms with E-state index in [2.05, 4.69) is 5.10 Å². The van der Waals surface area contributed by atoms with Gasteiger partial charge in [0, 0.05) is 11.3 Å². The number of thiophene rings is 1. The number of thioether (sulfide) groups is 1. The van der Waals surface area contributed by atoms with Crippen LogP contribution in [0.25, 0.3) is 0 Å². The second-order valence-corrected chi connectivity index (χ2v) is 8.59. The molecule has 3 aromatic rings. The minimum absolute atomic E-state index is 0.0576. The molecule has 2 aliphatic heterocycles. The summed E-state index contributed by atoms with van der Waals surface area (Å²) in [5.74, 6) is 2.43. The van der Waals surface area contributed by atoms with Crippen LogP contribution in [-0.2, 0) is 4.79 Å². The summed E-state index contributed by atoms with van der Waals surface area (Å²) in [7, 11) is 0. The highest BCUT2D eigenvalue weighted by Gasteiger charge is 2.35. The Morgan fingerprint density at radius 2 is 2.07 bits per heavy atom. The molecular weight excluding hydrogens is 408 g/mol. The van der Waals surface area contributed by atoms with E-state index < -0.39 is 0 Å². The van der Waals surface area contributed by atoms with E-state index >= 15 is 0 Å². The summed E-state index contributed by atoms with van der Waals surface area (Å²) in [4.78, 5) is 15.1. The first-order valence-electron chi connectivity index (χ1n) is 9.27. The number of hydrogen-bond acceptors (Lipinski definition) is 7. The van der Waals surface area contributed by atoms with Gasteiger partial charge in [-0.15, -0.1) is 23.1 Å². The average molecular weight is 427 g/mol. The molecule has 0 bridgehead atoms. The predicted molar refractivity (Wildman–Crippen MR) is 112 cm³/mol. The first-order valence-corrected chi connectivity index (χ1v) is 11.1. The standard InChI is InChI=1S/C21H18N2O4S2/c24-21(13-29-14-5-6-18-19(11-14)27-9-8-26-18)23-16(17-3-1-7-25-17)12-15(22-23)20-4-2-10-28-20/h1-7,10-11,16H,8-9,12-13H2/t16-/m1/s1. The van der Waals surface area contributed by atoms with E-state index in [-0.39, 0.29) is 17.7 Å². The smallest absolute Gasteiger partial charge is 0.253 e. The summed E-state index contributed by atoms with van der Waals surface area (Å²) < 4.78 is 16.8. The van der Waals surface area contributed by atoms with Crippen LogP contribution in [0.4, 0.5) is 0 Å². The first kappa shape index (κ1) is 18.3. The highest BCUT2D eigenvalue weighted by molar-refractivity contribution is 8.00. The lowest BCUT2D eigenvalue weighted by Gasteiger charge is -2.20. The van der Waals surface area contributed by atoms with Crippen molar-refractivity contribution in [3.05, 3.63) is 64.7 Å². The molecule has 1 aromatic carbocycles. The third-order valence-corrected chi connectivity index (χ3v) is 6.62. The minimum Gasteiger partial charge on any atom is -0.486 e. The fourth-order valence-corrected chi connectivity index (χ4v) is 4.86. The summed E-state index contributed by atoms with van der Waals surface area (Å²) in [6, 6.07) is 13.3. The number of nitrogens with zero attached hydrogens (tertiary/aromatic N) is 2. The fourth-order valence-electron chi connectivity index (χ4n) is 3.36. The Hall–Kier alpha value is -2.71. The molecule has 8 heteroatoms. The highest BCUT2D eigenvalue weighted by Crippen LogP contribution is 2.37. The molecule has 5 rings (SSSR count). The molecule has 0 saturated heterocycles. The summed E-state index contributed by atoms with van der Waals surface area (Å²) in [6.07, 6.45) is 2.28. The topological polar surface area (TPSA) is 64.3 Å². The van der Waals surface area contributed by atoms with Crippen LogP contribution in [0.15, 0.2) is 68.5 Å². The Morgan fingerprint density at radius 1 is 1.17 bits per heavy atom. The number of fused-ring (bicyclic) bond motifs is 1. The molecule has 0 spiro atoms. The van der Waals surface area contributed by atoms with Gasteiger partial charge in [-0.2, -0.15) is 5.10 Å². The van der Waals surface area contributed by atoms with Gasteiger partial charge in [0.15, 0.2) is 11.5 Å². The molecule has 2 aromatic heterocycles. The summed E-state index contributed by atoms with van der Waals surface area (Å²) in [5.41, 5.74) is 0.916. The number of furan rings is 1. The Kier molecular flexibility index (Phi) is 5.03. The van der Waals surface area contributed by atoms with Crippen LogP contribution in [0.3, 0.4) is 0 Å². The van der Waals surface area contributed by atoms with Crippen molar-refractivity contribution in [1.82, 2.24) is 5.01 Å². The van der Waals surface area contributed by atoms with Crippen molar-refractivity contribution in [1.29, 1.82) is 0 Å². The fraction of sp³-hybridized carbons (Fsp3) is 0.238. The monoisotopic (exact) mass is 426 g/mol. The Balaban J connectivity index is 1.32. The van der Waals surface area contributed by atoms with Gasteiger partial charge in [-0.05, 0) is 41.8 Å². The largest absolute Gasteiger partial charge is 0.486 e. The van der Waals surface area contributed by atoms with Crippen LogP contribution in [0.1, 0.15) is 23.1 Å². The molecule has 148 valence electrons. The van der Waals surface area contributed by atoms with Crippen LogP contribution in [0.5, 0.6) is 11.5 Å². The van der Waals surface area contributed by atoms with E-state index in [9.17, 15) is 4.79 Å². The van der Waals surface area contributed by atoms with Gasteiger partial charge >= 0.3 is 0 Å². The molecule has 29 heavy (non-hydrogen) atoms. The van der Waals surface area contributed by atoms with Gasteiger partial charge in [-0.3, -0.25) is 4.79 Å². The lowest BCUT2D eigenvalue weighted by atomic mass is 10.1. The van der Waals surface area contributed by atoms with Crippen molar-refractivity contribution in [3.8, 4) is 11.5 Å². The Labute approximate surface area is 176 Å². The zero-order valence-corrected chi connectivity index (χ0v) is 17.1. The van der Waals surface area contributed by atoms with Crippen molar-refractivity contribution in [2.75, 3.05) is 19.0 Å². The predicted octanol–water partition coefficient (Wildman–Crippen LogP) is 4.58. The molecule has 0 N–H and O–H groups in total. The summed E-state index contributed by atoms with van der Waals surface area (Å²) >= 11 is 3.09. The van der Waals surface area contributed by atoms with E-state index in [1.54, 1.807) is 22.6 Å². The maximum atomic E-state index is 13.0. The summed E-state index contributed by atoms with van der Waals surface area (Å²) in [5, 5.41) is 8.23. The molecular formula is C21H18N2O4S2. The maximum Gasteiger partial charge on any atom is 0.253 e. The molecule has 4 heterocycles. The second kappa shape index (κ2) is 7.96. The van der Waals surface area contributed by atoms with Gasteiger partial charge in [0.2, 0.25) is 0 Å². The van der Waals surface area contributed by atoms with Crippen LogP contribution in [0, 0.1) is 0 Å². The number of ether oxygens (including phenoxy) is 2. The van der Waals surface area contributed by atoms with Crippen LogP contribution >= 0.6 is 23.1 Å². The number of hydrazone groups is 1. The second-order valence-electron chi connectivity index (χ2n) is 6.59. The molecule has 0 saturated carbocycles. The van der Waals surface area contributed by atoms with Crippen molar-refractivity contribution in [2.45, 2.75) is 17.4 Å². The van der Waals surface area contributed by atoms with Crippen molar-refractivity contribution >= 4 is 34.7 Å². The van der Waals surface area contributed by atoms with Crippen molar-refractivity contribution in [2.24, 2.45) is 5.10 Å². The third kappa shape index (κ3) is 3.77. The van der Waals surface area contributed by atoms with E-state index in [4.69, 9.17) is 13.9 Å². The average Bonchev–Trinajstić information content (AvgIpc) is 3.52. The van der Waals surface area contributed by atoms with Gasteiger partial charge in [0.05, 0.1) is 22.6 Å². The van der Waals surface area contributed by atoms with Gasteiger partial charge in [-0.25, -0.2) is 5.01 Å². The molecule has 0 radical (unpaired) electrons. The number of rotatable bonds is 5. The molecule has 0 aliphatic carbocycles. The van der Waals surface area contributed by atoms with Gasteiger partial charge in [0.25, 0.3) is 5.91 Å². The van der Waals surface area contributed by atoms with Crippen molar-refractivity contribution in [3.63, 3.8) is 0 Å². The molecule has 2 aliphatic rings. The number of amides is 1. The maximum absolute atomic E-state index is 13.0. The van der Waals surface area contributed by atoms with Gasteiger partial charge in [-0.1, -0.05) is 6.07 Å². The van der Waals surface area contributed by atoms with Crippen LogP contribution < -0.4 is 9.47 Å². The number of carbonyl (C=O) groups excluding carboxylic acids is 1. The molecule has 6 nitrogen and oxygen atoms in total. The van der Waals surface area contributed by atoms with Crippen molar-refractivity contribution < 1.29 is 18.7 Å². The van der Waals surface area contributed by atoms with Crippen LogP contribution in [0.2, 0.25) is 0 Å². The number of benzene rings is 1. The zero-order valence-electron chi connectivity index (χ0n) is 15.4. The highest BCUT2D eigenvalue weighted by atomic mass is 32.2. The number of hydrogen-bond donors (Lipinski definition) is 0. The molecule has 1 atom stereocenters. The molecule has 1 amide bonds. The quantitative estimate of drug-likeness (QED) is 0.559. The number of carbonyl (C=O) groups is 1.